The van der Waals surface area contributed by atoms with Gasteiger partial charge in [-0.1, -0.05) is 51.5 Å². The van der Waals surface area contributed by atoms with E-state index in [-0.39, 0.29) is 57.1 Å². The maximum absolute atomic E-state index is 13.9. The Kier molecular flexibility index (Phi) is 23.9. The summed E-state index contributed by atoms with van der Waals surface area (Å²) in [6, 6.07) is 13.5. The molecule has 3 heterocycles. The van der Waals surface area contributed by atoms with Crippen LogP contribution >= 0.6 is 27.3 Å². The molecule has 2 fully saturated rings. The molecular weight excluding hydrogens is 1050 g/mol. The number of anilines is 3. The smallest absolute Gasteiger partial charge is 0.246 e. The van der Waals surface area contributed by atoms with Gasteiger partial charge in [-0.25, -0.2) is 9.97 Å². The fourth-order valence-corrected chi connectivity index (χ4v) is 9.30. The van der Waals surface area contributed by atoms with Gasteiger partial charge in [-0.3, -0.25) is 19.2 Å². The van der Waals surface area contributed by atoms with Crippen molar-refractivity contribution in [1.82, 2.24) is 35.4 Å². The Labute approximate surface area is 452 Å². The molecule has 75 heavy (non-hydrogen) atoms. The van der Waals surface area contributed by atoms with Crippen molar-refractivity contribution in [3.63, 3.8) is 0 Å². The summed E-state index contributed by atoms with van der Waals surface area (Å²) in [5.74, 6) is 0.974. The number of halogens is 1. The van der Waals surface area contributed by atoms with Gasteiger partial charge in [0.1, 0.15) is 36.9 Å². The molecule has 2 aromatic heterocycles. The number of carbonyl (C=O) groups is 4. The minimum Gasteiger partial charge on any atom is -0.491 e. The highest BCUT2D eigenvalue weighted by Gasteiger charge is 2.44. The van der Waals surface area contributed by atoms with E-state index in [1.807, 2.05) is 93.7 Å². The molecule has 4 aromatic rings. The number of aromatic nitrogens is 3. The summed E-state index contributed by atoms with van der Waals surface area (Å²) in [6.45, 7) is 12.2. The molecule has 6 rings (SSSR count). The number of aliphatic hydroxyl groups is 1. The van der Waals surface area contributed by atoms with Crippen molar-refractivity contribution < 1.29 is 52.7 Å². The van der Waals surface area contributed by atoms with E-state index in [1.54, 1.807) is 17.5 Å². The van der Waals surface area contributed by atoms with Crippen LogP contribution in [0.4, 0.5) is 17.5 Å². The van der Waals surface area contributed by atoms with E-state index in [0.717, 1.165) is 57.5 Å². The normalized spacial score (nSPS) is 16.0. The summed E-state index contributed by atoms with van der Waals surface area (Å²) in [5, 5.41) is 22.8. The van der Waals surface area contributed by atoms with Crippen molar-refractivity contribution in [3.05, 3.63) is 76.0 Å². The van der Waals surface area contributed by atoms with E-state index >= 15 is 0 Å². The molecule has 0 radical (unpaired) electrons. The van der Waals surface area contributed by atoms with Crippen LogP contribution in [0.5, 0.6) is 5.75 Å². The van der Waals surface area contributed by atoms with Gasteiger partial charge >= 0.3 is 0 Å². The Bertz CT molecular complexity index is 2410. The average molecular weight is 1130 g/mol. The van der Waals surface area contributed by atoms with Crippen molar-refractivity contribution in [2.75, 3.05) is 110 Å². The Morgan fingerprint density at radius 3 is 2.12 bits per heavy atom. The molecule has 2 aromatic carbocycles. The van der Waals surface area contributed by atoms with E-state index in [1.165, 1.54) is 4.90 Å². The number of amides is 4. The molecule has 0 spiro atoms. The third kappa shape index (κ3) is 19.3. The molecule has 4 amide bonds. The highest BCUT2D eigenvalue weighted by atomic mass is 79.9. The summed E-state index contributed by atoms with van der Waals surface area (Å²) in [6.07, 6.45) is 4.89. The zero-order chi connectivity index (χ0) is 53.6. The first-order valence-electron chi connectivity index (χ1n) is 25.6. The number of carbonyl (C=O) groups excluding carboxylic acids is 4. The first kappa shape index (κ1) is 58.9. The lowest BCUT2D eigenvalue weighted by Crippen LogP contribution is -2.58. The lowest BCUT2D eigenvalue weighted by atomic mass is 9.84. The number of aryl methyl sites for hydroxylation is 1. The van der Waals surface area contributed by atoms with Gasteiger partial charge in [0.2, 0.25) is 29.6 Å². The van der Waals surface area contributed by atoms with Crippen molar-refractivity contribution in [3.8, 4) is 16.2 Å². The van der Waals surface area contributed by atoms with Gasteiger partial charge in [0.15, 0.2) is 0 Å². The first-order valence-corrected chi connectivity index (χ1v) is 27.3. The Hall–Kier alpha value is -5.33. The van der Waals surface area contributed by atoms with Gasteiger partial charge in [0.25, 0.3) is 0 Å². The van der Waals surface area contributed by atoms with Crippen LogP contribution in [0.2, 0.25) is 0 Å². The Morgan fingerprint density at radius 2 is 1.52 bits per heavy atom. The number of rotatable bonds is 32. The van der Waals surface area contributed by atoms with Gasteiger partial charge in [-0.05, 0) is 82.9 Å². The van der Waals surface area contributed by atoms with Crippen LogP contribution in [0.25, 0.3) is 10.4 Å². The zero-order valence-corrected chi connectivity index (χ0v) is 46.2. The average Bonchev–Trinajstić information content (AvgIpc) is 4.00. The van der Waals surface area contributed by atoms with Crippen LogP contribution in [-0.4, -0.2) is 171 Å². The summed E-state index contributed by atoms with van der Waals surface area (Å²) in [5.41, 5.74) is 4.82. The molecule has 20 nitrogen and oxygen atoms in total. The summed E-state index contributed by atoms with van der Waals surface area (Å²) < 4.78 is 34.4. The number of likely N-dealkylation sites (tertiary alicyclic amines) is 1. The number of aliphatic hydroxyl groups excluding tert-OH is 1. The molecule has 0 bridgehead atoms. The van der Waals surface area contributed by atoms with Gasteiger partial charge < -0.3 is 64.6 Å². The van der Waals surface area contributed by atoms with E-state index in [9.17, 15) is 24.3 Å². The second-order valence-corrected chi connectivity index (χ2v) is 21.2. The van der Waals surface area contributed by atoms with Crippen molar-refractivity contribution in [2.24, 2.45) is 11.3 Å². The number of hydrogen-bond acceptors (Lipinski definition) is 17. The van der Waals surface area contributed by atoms with Crippen molar-refractivity contribution in [2.45, 2.75) is 84.5 Å². The van der Waals surface area contributed by atoms with Gasteiger partial charge in [-0.2, -0.15) is 4.98 Å². The van der Waals surface area contributed by atoms with Crippen molar-refractivity contribution >= 4 is 68.3 Å². The maximum atomic E-state index is 13.9. The molecule has 1 saturated carbocycles. The maximum Gasteiger partial charge on any atom is 0.246 e. The molecule has 1 aliphatic heterocycles. The summed E-state index contributed by atoms with van der Waals surface area (Å²) in [4.78, 5) is 70.2. The Balaban J connectivity index is 0.743. The quantitative estimate of drug-likeness (QED) is 0.0366. The number of benzene rings is 2. The number of ether oxygens (including phenoxy) is 6. The fourth-order valence-electron chi connectivity index (χ4n) is 8.16. The summed E-state index contributed by atoms with van der Waals surface area (Å²) in [7, 11) is 1.87. The van der Waals surface area contributed by atoms with Gasteiger partial charge in [-0.15, -0.1) is 11.3 Å². The second-order valence-electron chi connectivity index (χ2n) is 19.5. The molecule has 22 heteroatoms. The number of hydrogen-bond donors (Lipinski definition) is 5. The number of nitrogens with one attached hydrogen (secondary N) is 4. The number of β-amino-alcohol motifs (C(OH)–C–C–N with tert-alkyl or cyclic N) is 1. The van der Waals surface area contributed by atoms with Crippen LogP contribution < -0.4 is 26.0 Å². The van der Waals surface area contributed by atoms with Crippen molar-refractivity contribution in [1.29, 1.82) is 0 Å². The third-order valence-electron chi connectivity index (χ3n) is 12.6. The topological polar surface area (TPSA) is 237 Å². The first-order chi connectivity index (χ1) is 36.2. The molecule has 5 N–H and O–H groups in total. The molecule has 0 unspecified atom stereocenters. The SMILES string of the molecule is Cc1ncsc1-c1ccc(CNC(=O)[C@@H]2C[C@@H](O)CN2C(=O)[C@@H](NC(=O)COCCOCCOCCOCCOCCOc2ccc(Nc3ncc(Br)c(NCCCN(C)C(=O)C4CCC4)n3)cc2)C(C)(C)C)cc1. The predicted molar refractivity (Wildman–Crippen MR) is 289 cm³/mol. The van der Waals surface area contributed by atoms with E-state index < -0.39 is 35.4 Å². The van der Waals surface area contributed by atoms with Gasteiger partial charge in [0, 0.05) is 57.4 Å². The molecule has 1 aliphatic carbocycles. The highest BCUT2D eigenvalue weighted by Crippen LogP contribution is 2.30. The van der Waals surface area contributed by atoms with Crippen LogP contribution in [0, 0.1) is 18.3 Å². The van der Waals surface area contributed by atoms with E-state index in [0.29, 0.717) is 83.5 Å². The van der Waals surface area contributed by atoms with Crippen LogP contribution in [0.1, 0.15) is 64.1 Å². The number of thiazole rings is 1. The Morgan fingerprint density at radius 1 is 0.880 bits per heavy atom. The molecule has 2 aliphatic rings. The third-order valence-corrected chi connectivity index (χ3v) is 14.1. The zero-order valence-electron chi connectivity index (χ0n) is 43.8. The van der Waals surface area contributed by atoms with Crippen LogP contribution in [0.15, 0.2) is 64.7 Å². The molecule has 410 valence electrons. The highest BCUT2D eigenvalue weighted by molar-refractivity contribution is 9.10. The lowest BCUT2D eigenvalue weighted by molar-refractivity contribution is -0.144. The second kappa shape index (κ2) is 30.4. The molecule has 3 atom stereocenters. The standard InChI is InChI=1S/C53H74BrN9O11S/c1-36-46(75-35-58-36)38-12-10-37(11-13-38)31-56-49(66)44-30-41(64)33-63(44)51(68)47(53(2,3)4)60-45(65)34-73-27-26-71-23-22-69-20-21-70-24-25-72-28-29-74-42-16-14-40(15-17-42)59-52-57-32-43(54)48(61-52)55-18-7-19-62(5)50(67)39-8-6-9-39/h10-17,32,35,39,41,44,47,64H,6-9,18-31,33-34H2,1-5H3,(H,56,66)(H,60,65)(H2,55,57,59,61)/t41-,44+,47-/m1/s1. The monoisotopic (exact) mass is 1120 g/mol. The molecule has 1 saturated heterocycles. The fraction of sp³-hybridized carbons (Fsp3) is 0.566. The summed E-state index contributed by atoms with van der Waals surface area (Å²) >= 11 is 5.08. The minimum atomic E-state index is -0.966. The van der Waals surface area contributed by atoms with Crippen LogP contribution in [0.3, 0.4) is 0 Å². The lowest BCUT2D eigenvalue weighted by Gasteiger charge is -2.35. The largest absolute Gasteiger partial charge is 0.491 e. The minimum absolute atomic E-state index is 0.0179. The molecular formula is C53H74BrN9O11S. The van der Waals surface area contributed by atoms with E-state index in [4.69, 9.17) is 28.4 Å². The van der Waals surface area contributed by atoms with Gasteiger partial charge in [0.05, 0.1) is 86.1 Å². The van der Waals surface area contributed by atoms with Crippen LogP contribution in [-0.2, 0) is 49.4 Å². The predicted octanol–water partition coefficient (Wildman–Crippen LogP) is 5.75. The number of nitrogens with zero attached hydrogens (tertiary/aromatic N) is 5. The van der Waals surface area contributed by atoms with E-state index in [2.05, 4.69) is 52.1 Å².